The number of aliphatic hydroxyl groups is 1. The number of hydrogen-bond acceptors (Lipinski definition) is 4. The molecule has 2 fully saturated rings. The van der Waals surface area contributed by atoms with Gasteiger partial charge in [0.15, 0.2) is 0 Å². The van der Waals surface area contributed by atoms with Gasteiger partial charge in [-0.1, -0.05) is 19.3 Å². The van der Waals surface area contributed by atoms with Crippen LogP contribution in [0.5, 0.6) is 0 Å². The first-order valence-corrected chi connectivity index (χ1v) is 7.61. The summed E-state index contributed by atoms with van der Waals surface area (Å²) in [6.45, 7) is 2.26. The number of piperidine rings is 1. The van der Waals surface area contributed by atoms with Crippen molar-refractivity contribution in [1.82, 2.24) is 10.2 Å². The second-order valence-electron chi connectivity index (χ2n) is 5.89. The van der Waals surface area contributed by atoms with Crippen LogP contribution in [0.15, 0.2) is 0 Å². The molecule has 5 nitrogen and oxygen atoms in total. The van der Waals surface area contributed by atoms with E-state index in [1.165, 1.54) is 6.42 Å². The number of aliphatic hydroxyl groups excluding tert-OH is 1. The molecule has 2 unspecified atom stereocenters. The van der Waals surface area contributed by atoms with Crippen LogP contribution in [-0.2, 0) is 4.79 Å². The van der Waals surface area contributed by atoms with Crippen LogP contribution in [0.25, 0.3) is 0 Å². The Balaban J connectivity index is 2.07. The molecule has 1 aliphatic heterocycles. The Morgan fingerprint density at radius 3 is 2.53 bits per heavy atom. The lowest BCUT2D eigenvalue weighted by Crippen LogP contribution is -2.54. The monoisotopic (exact) mass is 269 g/mol. The van der Waals surface area contributed by atoms with Crippen molar-refractivity contribution in [3.05, 3.63) is 0 Å². The van der Waals surface area contributed by atoms with Crippen LogP contribution in [-0.4, -0.2) is 53.7 Å². The van der Waals surface area contributed by atoms with Crippen molar-refractivity contribution < 1.29 is 9.90 Å². The van der Waals surface area contributed by atoms with E-state index in [2.05, 4.69) is 10.2 Å². The summed E-state index contributed by atoms with van der Waals surface area (Å²) in [7, 11) is 0. The Labute approximate surface area is 115 Å². The zero-order valence-corrected chi connectivity index (χ0v) is 11.7. The third-order valence-corrected chi connectivity index (χ3v) is 4.49. The molecule has 1 aliphatic carbocycles. The third kappa shape index (κ3) is 4.16. The number of nitrogens with one attached hydrogen (secondary N) is 1. The molecule has 0 aromatic heterocycles. The van der Waals surface area contributed by atoms with Gasteiger partial charge in [0.05, 0.1) is 12.6 Å². The van der Waals surface area contributed by atoms with Crippen LogP contribution in [0.3, 0.4) is 0 Å². The van der Waals surface area contributed by atoms with Crippen molar-refractivity contribution in [3.8, 4) is 0 Å². The van der Waals surface area contributed by atoms with Crippen LogP contribution in [0.2, 0.25) is 0 Å². The van der Waals surface area contributed by atoms with Crippen LogP contribution in [0.4, 0.5) is 0 Å². The fraction of sp³-hybridized carbons (Fsp3) is 0.929. The molecular weight excluding hydrogens is 242 g/mol. The van der Waals surface area contributed by atoms with E-state index in [4.69, 9.17) is 5.73 Å². The van der Waals surface area contributed by atoms with E-state index in [1.54, 1.807) is 0 Å². The minimum atomic E-state index is -0.309. The summed E-state index contributed by atoms with van der Waals surface area (Å²) in [4.78, 5) is 13.6. The summed E-state index contributed by atoms with van der Waals surface area (Å²) < 4.78 is 0. The number of carbonyl (C=O) groups excluding carboxylic acids is 1. The molecule has 0 radical (unpaired) electrons. The average molecular weight is 269 g/mol. The van der Waals surface area contributed by atoms with Gasteiger partial charge in [0.1, 0.15) is 0 Å². The van der Waals surface area contributed by atoms with Gasteiger partial charge < -0.3 is 16.2 Å². The first-order valence-electron chi connectivity index (χ1n) is 7.61. The molecule has 0 aromatic rings. The van der Waals surface area contributed by atoms with Crippen LogP contribution in [0, 0.1) is 0 Å². The topological polar surface area (TPSA) is 78.6 Å². The van der Waals surface area contributed by atoms with E-state index >= 15 is 0 Å². The van der Waals surface area contributed by atoms with Crippen molar-refractivity contribution >= 4 is 5.91 Å². The van der Waals surface area contributed by atoms with E-state index in [9.17, 15) is 9.90 Å². The number of primary amides is 1. The number of carbonyl (C=O) groups is 1. The lowest BCUT2D eigenvalue weighted by molar-refractivity contribution is -0.121. The molecule has 0 bridgehead atoms. The largest absolute Gasteiger partial charge is 0.391 e. The number of amides is 1. The molecular formula is C14H27N3O2. The van der Waals surface area contributed by atoms with Gasteiger partial charge in [0.2, 0.25) is 5.91 Å². The second kappa shape index (κ2) is 7.22. The summed E-state index contributed by atoms with van der Waals surface area (Å²) in [5.74, 6) is -0.282. The van der Waals surface area contributed by atoms with E-state index in [1.807, 2.05) is 0 Å². The average Bonchev–Trinajstić information content (AvgIpc) is 2.62. The molecule has 0 aromatic carbocycles. The Morgan fingerprint density at radius 2 is 1.84 bits per heavy atom. The highest BCUT2D eigenvalue weighted by Crippen LogP contribution is 2.26. The molecule has 1 saturated heterocycles. The molecule has 4 N–H and O–H groups in total. The number of rotatable bonds is 4. The molecule has 2 rings (SSSR count). The van der Waals surface area contributed by atoms with Crippen LogP contribution >= 0.6 is 0 Å². The molecule has 1 amide bonds. The molecule has 0 spiro atoms. The molecule has 2 atom stereocenters. The van der Waals surface area contributed by atoms with Crippen molar-refractivity contribution in [3.63, 3.8) is 0 Å². The summed E-state index contributed by atoms with van der Waals surface area (Å²) in [6, 6.07) is 0.490. The Bertz CT molecular complexity index is 292. The van der Waals surface area contributed by atoms with Crippen molar-refractivity contribution in [2.75, 3.05) is 19.6 Å². The SMILES string of the molecule is NC(=O)CN(C1CCNCC1)C1CCCCCC1O. The highest BCUT2D eigenvalue weighted by molar-refractivity contribution is 5.76. The fourth-order valence-corrected chi connectivity index (χ4v) is 3.49. The maximum atomic E-state index is 11.4. The standard InChI is InChI=1S/C14H27N3O2/c15-14(19)10-17(11-6-8-16-9-7-11)12-4-2-1-3-5-13(12)18/h11-13,16,18H,1-10H2,(H2,15,19). The quantitative estimate of drug-likeness (QED) is 0.638. The molecule has 1 heterocycles. The van der Waals surface area contributed by atoms with Gasteiger partial charge in [-0.05, 0) is 38.8 Å². The highest BCUT2D eigenvalue weighted by atomic mass is 16.3. The Morgan fingerprint density at radius 1 is 1.16 bits per heavy atom. The molecule has 2 aliphatic rings. The Hall–Kier alpha value is -0.650. The smallest absolute Gasteiger partial charge is 0.231 e. The zero-order valence-electron chi connectivity index (χ0n) is 11.7. The van der Waals surface area contributed by atoms with Crippen molar-refractivity contribution in [2.24, 2.45) is 5.73 Å². The first-order chi connectivity index (χ1) is 9.18. The van der Waals surface area contributed by atoms with Gasteiger partial charge in [-0.25, -0.2) is 0 Å². The van der Waals surface area contributed by atoms with Gasteiger partial charge in [-0.3, -0.25) is 9.69 Å². The first kappa shape index (κ1) is 14.8. The number of nitrogens with two attached hydrogens (primary N) is 1. The normalized spacial score (nSPS) is 30.2. The van der Waals surface area contributed by atoms with Crippen LogP contribution < -0.4 is 11.1 Å². The zero-order chi connectivity index (χ0) is 13.7. The molecule has 19 heavy (non-hydrogen) atoms. The van der Waals surface area contributed by atoms with Crippen LogP contribution in [0.1, 0.15) is 44.9 Å². The molecule has 110 valence electrons. The summed E-state index contributed by atoms with van der Waals surface area (Å²) in [5.41, 5.74) is 5.41. The van der Waals surface area contributed by atoms with Gasteiger partial charge in [0, 0.05) is 12.1 Å². The maximum Gasteiger partial charge on any atom is 0.231 e. The van der Waals surface area contributed by atoms with Gasteiger partial charge in [-0.2, -0.15) is 0 Å². The predicted molar refractivity (Wildman–Crippen MR) is 74.7 cm³/mol. The molecule has 5 heteroatoms. The summed E-state index contributed by atoms with van der Waals surface area (Å²) in [6.07, 6.45) is 7.02. The van der Waals surface area contributed by atoms with Crippen molar-refractivity contribution in [1.29, 1.82) is 0 Å². The Kier molecular flexibility index (Phi) is 5.60. The number of nitrogens with zero attached hydrogens (tertiary/aromatic N) is 1. The van der Waals surface area contributed by atoms with Gasteiger partial charge in [0.25, 0.3) is 0 Å². The minimum absolute atomic E-state index is 0.109. The maximum absolute atomic E-state index is 11.4. The fourth-order valence-electron chi connectivity index (χ4n) is 3.49. The van der Waals surface area contributed by atoms with Gasteiger partial charge >= 0.3 is 0 Å². The van der Waals surface area contributed by atoms with E-state index in [0.29, 0.717) is 6.04 Å². The second-order valence-corrected chi connectivity index (χ2v) is 5.89. The van der Waals surface area contributed by atoms with Gasteiger partial charge in [-0.15, -0.1) is 0 Å². The van der Waals surface area contributed by atoms with E-state index in [0.717, 1.165) is 51.6 Å². The highest BCUT2D eigenvalue weighted by Gasteiger charge is 2.33. The third-order valence-electron chi connectivity index (χ3n) is 4.49. The van der Waals surface area contributed by atoms with E-state index < -0.39 is 0 Å². The molecule has 1 saturated carbocycles. The summed E-state index contributed by atoms with van der Waals surface area (Å²) in [5, 5.41) is 13.7. The number of hydrogen-bond donors (Lipinski definition) is 3. The predicted octanol–water partition coefficient (Wildman–Crippen LogP) is 0.219. The lowest BCUT2D eigenvalue weighted by atomic mass is 9.97. The van der Waals surface area contributed by atoms with Crippen molar-refractivity contribution in [2.45, 2.75) is 63.1 Å². The van der Waals surface area contributed by atoms with E-state index in [-0.39, 0.29) is 24.6 Å². The minimum Gasteiger partial charge on any atom is -0.391 e. The lowest BCUT2D eigenvalue weighted by Gasteiger charge is -2.41. The summed E-state index contributed by atoms with van der Waals surface area (Å²) >= 11 is 0.